The van der Waals surface area contributed by atoms with Crippen LogP contribution in [0.1, 0.15) is 38.5 Å². The summed E-state index contributed by atoms with van der Waals surface area (Å²) in [6.07, 6.45) is 4.31. The van der Waals surface area contributed by atoms with Gasteiger partial charge in [-0.25, -0.2) is 8.78 Å². The number of alkyl halides is 2. The Kier molecular flexibility index (Phi) is 2.80. The minimum absolute atomic E-state index is 0.117. The maximum atomic E-state index is 12.5. The number of rotatable bonds is 2. The molecule has 0 radical (unpaired) electrons. The Morgan fingerprint density at radius 2 is 1.87 bits per heavy atom. The zero-order valence-electron chi connectivity index (χ0n) is 8.68. The SMILES string of the molecule is NC(=NC1CCCC1)NC1CC(F)(F)C1. The topological polar surface area (TPSA) is 50.4 Å². The third kappa shape index (κ3) is 2.79. The van der Waals surface area contributed by atoms with E-state index in [-0.39, 0.29) is 18.9 Å². The molecule has 0 atom stereocenters. The Labute approximate surface area is 88.1 Å². The first-order valence-corrected chi connectivity index (χ1v) is 5.53. The number of nitrogens with zero attached hydrogens (tertiary/aromatic N) is 1. The van der Waals surface area contributed by atoms with Gasteiger partial charge in [-0.2, -0.15) is 0 Å². The van der Waals surface area contributed by atoms with E-state index in [9.17, 15) is 8.78 Å². The smallest absolute Gasteiger partial charge is 0.252 e. The highest BCUT2D eigenvalue weighted by atomic mass is 19.3. The molecule has 2 aliphatic carbocycles. The molecule has 86 valence electrons. The number of nitrogens with one attached hydrogen (secondary N) is 1. The lowest BCUT2D eigenvalue weighted by molar-refractivity contribution is -0.0886. The standard InChI is InChI=1S/C10H17F2N3/c11-10(12)5-8(6-10)15-9(13)14-7-3-1-2-4-7/h7-8H,1-6H2,(H3,13,14,15). The van der Waals surface area contributed by atoms with Gasteiger partial charge in [-0.15, -0.1) is 0 Å². The summed E-state index contributed by atoms with van der Waals surface area (Å²) in [6, 6.07) is 0.114. The second kappa shape index (κ2) is 3.94. The molecule has 2 aliphatic rings. The monoisotopic (exact) mass is 217 g/mol. The molecule has 3 N–H and O–H groups in total. The average molecular weight is 217 g/mol. The van der Waals surface area contributed by atoms with E-state index in [0.29, 0.717) is 12.0 Å². The van der Waals surface area contributed by atoms with Crippen LogP contribution >= 0.6 is 0 Å². The zero-order chi connectivity index (χ0) is 10.9. The predicted molar refractivity (Wildman–Crippen MR) is 55.0 cm³/mol. The minimum atomic E-state index is -2.49. The number of nitrogens with two attached hydrogens (primary N) is 1. The lowest BCUT2D eigenvalue weighted by atomic mass is 9.88. The van der Waals surface area contributed by atoms with Gasteiger partial charge in [-0.3, -0.25) is 4.99 Å². The zero-order valence-corrected chi connectivity index (χ0v) is 8.68. The van der Waals surface area contributed by atoms with Crippen LogP contribution in [0.15, 0.2) is 4.99 Å². The highest BCUT2D eigenvalue weighted by Gasteiger charge is 2.45. The van der Waals surface area contributed by atoms with Gasteiger partial charge < -0.3 is 11.1 Å². The Balaban J connectivity index is 1.75. The van der Waals surface area contributed by atoms with Crippen molar-refractivity contribution in [2.75, 3.05) is 0 Å². The Hall–Kier alpha value is -0.870. The van der Waals surface area contributed by atoms with E-state index in [1.54, 1.807) is 0 Å². The lowest BCUT2D eigenvalue weighted by Crippen LogP contribution is -2.52. The molecule has 0 saturated heterocycles. The fourth-order valence-corrected chi connectivity index (χ4v) is 2.24. The van der Waals surface area contributed by atoms with Crippen molar-refractivity contribution in [1.82, 2.24) is 5.32 Å². The quantitative estimate of drug-likeness (QED) is 0.545. The average Bonchev–Trinajstić information content (AvgIpc) is 2.52. The van der Waals surface area contributed by atoms with Crippen LogP contribution < -0.4 is 11.1 Å². The third-order valence-electron chi connectivity index (χ3n) is 3.09. The van der Waals surface area contributed by atoms with Gasteiger partial charge in [-0.05, 0) is 12.8 Å². The molecule has 15 heavy (non-hydrogen) atoms. The largest absolute Gasteiger partial charge is 0.370 e. The summed E-state index contributed by atoms with van der Waals surface area (Å²) in [5.41, 5.74) is 5.65. The Morgan fingerprint density at radius 3 is 2.40 bits per heavy atom. The molecule has 2 fully saturated rings. The van der Waals surface area contributed by atoms with Crippen molar-refractivity contribution < 1.29 is 8.78 Å². The van der Waals surface area contributed by atoms with Gasteiger partial charge >= 0.3 is 0 Å². The van der Waals surface area contributed by atoms with Crippen LogP contribution in [-0.2, 0) is 0 Å². The van der Waals surface area contributed by atoms with Gasteiger partial charge in [0.25, 0.3) is 5.92 Å². The van der Waals surface area contributed by atoms with E-state index < -0.39 is 5.92 Å². The molecule has 0 aromatic rings. The minimum Gasteiger partial charge on any atom is -0.370 e. The van der Waals surface area contributed by atoms with E-state index in [0.717, 1.165) is 12.8 Å². The molecule has 5 heteroatoms. The van der Waals surface area contributed by atoms with Gasteiger partial charge in [-0.1, -0.05) is 12.8 Å². The van der Waals surface area contributed by atoms with Crippen molar-refractivity contribution in [3.05, 3.63) is 0 Å². The number of guanidine groups is 1. The van der Waals surface area contributed by atoms with Crippen molar-refractivity contribution in [2.45, 2.75) is 56.5 Å². The van der Waals surface area contributed by atoms with Crippen LogP contribution in [0.4, 0.5) is 8.78 Å². The summed E-state index contributed by atoms with van der Waals surface area (Å²) in [5, 5.41) is 2.85. The van der Waals surface area contributed by atoms with Crippen LogP contribution in [-0.4, -0.2) is 24.0 Å². The molecular weight excluding hydrogens is 200 g/mol. The van der Waals surface area contributed by atoms with Crippen molar-refractivity contribution in [3.8, 4) is 0 Å². The number of hydrogen-bond acceptors (Lipinski definition) is 1. The van der Waals surface area contributed by atoms with Gasteiger partial charge in [0, 0.05) is 18.9 Å². The van der Waals surface area contributed by atoms with Crippen molar-refractivity contribution in [3.63, 3.8) is 0 Å². The summed E-state index contributed by atoms with van der Waals surface area (Å²) in [7, 11) is 0. The summed E-state index contributed by atoms with van der Waals surface area (Å²) < 4.78 is 25.0. The normalized spacial score (nSPS) is 27.7. The molecule has 0 spiro atoms. The maximum absolute atomic E-state index is 12.5. The molecule has 0 heterocycles. The van der Waals surface area contributed by atoms with Crippen LogP contribution in [0.2, 0.25) is 0 Å². The molecule has 0 bridgehead atoms. The number of hydrogen-bond donors (Lipinski definition) is 2. The molecule has 0 amide bonds. The third-order valence-corrected chi connectivity index (χ3v) is 3.09. The van der Waals surface area contributed by atoms with Gasteiger partial charge in [0.2, 0.25) is 0 Å². The molecule has 0 unspecified atom stereocenters. The van der Waals surface area contributed by atoms with Gasteiger partial charge in [0.05, 0.1) is 6.04 Å². The van der Waals surface area contributed by atoms with Crippen LogP contribution in [0.25, 0.3) is 0 Å². The second-order valence-electron chi connectivity index (χ2n) is 4.56. The van der Waals surface area contributed by atoms with E-state index in [4.69, 9.17) is 5.73 Å². The molecule has 2 rings (SSSR count). The van der Waals surface area contributed by atoms with E-state index in [1.807, 2.05) is 0 Å². The van der Waals surface area contributed by atoms with E-state index in [2.05, 4.69) is 10.3 Å². The molecule has 2 saturated carbocycles. The van der Waals surface area contributed by atoms with Crippen molar-refractivity contribution in [1.29, 1.82) is 0 Å². The molecule has 3 nitrogen and oxygen atoms in total. The van der Waals surface area contributed by atoms with Gasteiger partial charge in [0.15, 0.2) is 5.96 Å². The molecule has 0 aromatic heterocycles. The summed E-state index contributed by atoms with van der Waals surface area (Å²) in [4.78, 5) is 4.28. The van der Waals surface area contributed by atoms with Crippen molar-refractivity contribution >= 4 is 5.96 Å². The first-order valence-electron chi connectivity index (χ1n) is 5.53. The molecular formula is C10H17F2N3. The first kappa shape index (κ1) is 10.6. The van der Waals surface area contributed by atoms with E-state index >= 15 is 0 Å². The number of aliphatic imine (C=N–C) groups is 1. The fraction of sp³-hybridized carbons (Fsp3) is 0.900. The highest BCUT2D eigenvalue weighted by Crippen LogP contribution is 2.37. The molecule has 0 aromatic carbocycles. The van der Waals surface area contributed by atoms with Crippen LogP contribution in [0.3, 0.4) is 0 Å². The summed E-state index contributed by atoms with van der Waals surface area (Å²) in [5.74, 6) is -2.16. The first-order chi connectivity index (χ1) is 7.05. The predicted octanol–water partition coefficient (Wildman–Crippen LogP) is 1.63. The maximum Gasteiger partial charge on any atom is 0.252 e. The fourth-order valence-electron chi connectivity index (χ4n) is 2.24. The van der Waals surface area contributed by atoms with Crippen molar-refractivity contribution in [2.24, 2.45) is 10.7 Å². The highest BCUT2D eigenvalue weighted by molar-refractivity contribution is 5.78. The molecule has 0 aliphatic heterocycles. The summed E-state index contributed by atoms with van der Waals surface area (Å²) in [6.45, 7) is 0. The number of halogens is 2. The second-order valence-corrected chi connectivity index (χ2v) is 4.56. The summed E-state index contributed by atoms with van der Waals surface area (Å²) >= 11 is 0. The van der Waals surface area contributed by atoms with Crippen LogP contribution in [0.5, 0.6) is 0 Å². The van der Waals surface area contributed by atoms with E-state index in [1.165, 1.54) is 12.8 Å². The Bertz CT molecular complexity index is 251. The van der Waals surface area contributed by atoms with Gasteiger partial charge in [0.1, 0.15) is 0 Å². The lowest BCUT2D eigenvalue weighted by Gasteiger charge is -2.35. The van der Waals surface area contributed by atoms with Crippen LogP contribution in [0, 0.1) is 0 Å². The Morgan fingerprint density at radius 1 is 1.27 bits per heavy atom.